The Morgan fingerprint density at radius 2 is 2.18 bits per heavy atom. The number of aliphatic hydroxyl groups excluding tert-OH is 1. The van der Waals surface area contributed by atoms with Gasteiger partial charge in [-0.3, -0.25) is 4.79 Å². The molecule has 3 heteroatoms. The Labute approximate surface area is 102 Å². The maximum atomic E-state index is 11.5. The number of carbonyl (C=O) groups excluding carboxylic acids is 1. The van der Waals surface area contributed by atoms with Crippen LogP contribution in [0.1, 0.15) is 49.0 Å². The van der Waals surface area contributed by atoms with Gasteiger partial charge in [-0.1, -0.05) is 31.0 Å². The van der Waals surface area contributed by atoms with Crippen molar-refractivity contribution in [2.24, 2.45) is 0 Å². The average molecular weight is 233 g/mol. The van der Waals surface area contributed by atoms with Crippen molar-refractivity contribution in [2.45, 2.75) is 45.6 Å². The summed E-state index contributed by atoms with van der Waals surface area (Å²) >= 11 is 0. The molecule has 0 fully saturated rings. The first-order valence-electron chi connectivity index (χ1n) is 6.23. The van der Waals surface area contributed by atoms with Crippen LogP contribution in [0, 0.1) is 6.92 Å². The van der Waals surface area contributed by atoms with Crippen molar-refractivity contribution in [2.75, 3.05) is 5.32 Å². The predicted octanol–water partition coefficient (Wildman–Crippen LogP) is 2.71. The number of carbonyl (C=O) groups is 1. The number of aryl methyl sites for hydroxylation is 2. The van der Waals surface area contributed by atoms with Gasteiger partial charge in [-0.25, -0.2) is 0 Å². The molecule has 2 rings (SSSR count). The molecule has 1 amide bonds. The minimum absolute atomic E-state index is 0.0475. The maximum Gasteiger partial charge on any atom is 0.224 e. The lowest BCUT2D eigenvalue weighted by Crippen LogP contribution is -2.21. The topological polar surface area (TPSA) is 49.3 Å². The van der Waals surface area contributed by atoms with E-state index < -0.39 is 6.10 Å². The summed E-state index contributed by atoms with van der Waals surface area (Å²) in [6.45, 7) is 4.07. The summed E-state index contributed by atoms with van der Waals surface area (Å²) in [5.41, 5.74) is 4.00. The minimum atomic E-state index is -0.480. The average Bonchev–Trinajstić information content (AvgIpc) is 2.29. The number of nitrogens with one attached hydrogen (secondary N) is 1. The molecule has 0 spiro atoms. The Hall–Kier alpha value is -1.35. The minimum Gasteiger partial charge on any atom is -0.388 e. The van der Waals surface area contributed by atoms with Crippen LogP contribution in [-0.2, 0) is 11.2 Å². The molecule has 1 heterocycles. The van der Waals surface area contributed by atoms with E-state index in [4.69, 9.17) is 0 Å². The zero-order valence-corrected chi connectivity index (χ0v) is 10.4. The lowest BCUT2D eigenvalue weighted by atomic mass is 9.92. The fourth-order valence-electron chi connectivity index (χ4n) is 2.38. The van der Waals surface area contributed by atoms with Crippen LogP contribution in [0.3, 0.4) is 0 Å². The van der Waals surface area contributed by atoms with Gasteiger partial charge < -0.3 is 10.4 Å². The Morgan fingerprint density at radius 3 is 2.88 bits per heavy atom. The van der Waals surface area contributed by atoms with Crippen molar-refractivity contribution in [3.63, 3.8) is 0 Å². The van der Waals surface area contributed by atoms with Crippen molar-refractivity contribution in [1.29, 1.82) is 0 Å². The molecule has 0 aromatic heterocycles. The summed E-state index contributed by atoms with van der Waals surface area (Å²) < 4.78 is 0. The van der Waals surface area contributed by atoms with Crippen LogP contribution in [0.5, 0.6) is 0 Å². The van der Waals surface area contributed by atoms with E-state index in [2.05, 4.69) is 11.4 Å². The second-order valence-corrected chi connectivity index (χ2v) is 4.74. The largest absolute Gasteiger partial charge is 0.388 e. The molecule has 1 aromatic rings. The first-order valence-corrected chi connectivity index (χ1v) is 6.23. The fourth-order valence-corrected chi connectivity index (χ4v) is 2.38. The Morgan fingerprint density at radius 1 is 1.41 bits per heavy atom. The molecule has 1 atom stereocenters. The van der Waals surface area contributed by atoms with Crippen molar-refractivity contribution < 1.29 is 9.90 Å². The van der Waals surface area contributed by atoms with E-state index in [1.54, 1.807) is 0 Å². The third-order valence-electron chi connectivity index (χ3n) is 3.20. The van der Waals surface area contributed by atoms with Gasteiger partial charge in [0.15, 0.2) is 0 Å². The van der Waals surface area contributed by atoms with Crippen molar-refractivity contribution in [1.82, 2.24) is 0 Å². The molecule has 17 heavy (non-hydrogen) atoms. The summed E-state index contributed by atoms with van der Waals surface area (Å²) in [6, 6.07) is 4.07. The second-order valence-electron chi connectivity index (χ2n) is 4.74. The highest BCUT2D eigenvalue weighted by atomic mass is 16.3. The quantitative estimate of drug-likeness (QED) is 0.843. The van der Waals surface area contributed by atoms with Gasteiger partial charge in [-0.15, -0.1) is 0 Å². The van der Waals surface area contributed by atoms with E-state index in [9.17, 15) is 9.90 Å². The zero-order chi connectivity index (χ0) is 12.4. The smallest absolute Gasteiger partial charge is 0.224 e. The molecule has 0 aliphatic carbocycles. The normalized spacial score (nSPS) is 16.3. The molecular formula is C14H19NO2. The molecular weight excluding hydrogens is 214 g/mol. The third kappa shape index (κ3) is 2.50. The van der Waals surface area contributed by atoms with Crippen molar-refractivity contribution in [3.8, 4) is 0 Å². The summed E-state index contributed by atoms with van der Waals surface area (Å²) in [5.74, 6) is 0.0475. The fraction of sp³-hybridized carbons (Fsp3) is 0.500. The van der Waals surface area contributed by atoms with Gasteiger partial charge in [0.1, 0.15) is 0 Å². The Kier molecular flexibility index (Phi) is 3.48. The first kappa shape index (κ1) is 12.1. The van der Waals surface area contributed by atoms with Crippen LogP contribution in [0.25, 0.3) is 0 Å². The number of hydrogen-bond acceptors (Lipinski definition) is 2. The highest BCUT2D eigenvalue weighted by Gasteiger charge is 2.21. The summed E-state index contributed by atoms with van der Waals surface area (Å²) in [5, 5.41) is 13.0. The van der Waals surface area contributed by atoms with E-state index in [1.165, 1.54) is 0 Å². The SMILES string of the molecule is CCCC(O)c1cc(C)cc2c1NC(=O)CC2. The lowest BCUT2D eigenvalue weighted by molar-refractivity contribution is -0.116. The van der Waals surface area contributed by atoms with Crippen LogP contribution in [0.15, 0.2) is 12.1 Å². The summed E-state index contributed by atoms with van der Waals surface area (Å²) in [7, 11) is 0. The standard InChI is InChI=1S/C14H19NO2/c1-3-4-12(16)11-8-9(2)7-10-5-6-13(17)15-14(10)11/h7-8,12,16H,3-6H2,1-2H3,(H,15,17). The molecule has 3 nitrogen and oxygen atoms in total. The number of aliphatic hydroxyl groups is 1. The molecule has 1 aliphatic heterocycles. The molecule has 92 valence electrons. The van der Waals surface area contributed by atoms with Gasteiger partial charge in [0, 0.05) is 17.7 Å². The van der Waals surface area contributed by atoms with Gasteiger partial charge in [0.05, 0.1) is 6.10 Å². The molecule has 1 aromatic carbocycles. The number of benzene rings is 1. The van der Waals surface area contributed by atoms with Crippen molar-refractivity contribution >= 4 is 11.6 Å². The van der Waals surface area contributed by atoms with E-state index in [0.717, 1.165) is 41.6 Å². The molecule has 2 N–H and O–H groups in total. The van der Waals surface area contributed by atoms with Gasteiger partial charge in [-0.2, -0.15) is 0 Å². The van der Waals surface area contributed by atoms with E-state index in [-0.39, 0.29) is 5.91 Å². The Bertz CT molecular complexity index is 440. The van der Waals surface area contributed by atoms with Crippen LogP contribution in [0.4, 0.5) is 5.69 Å². The van der Waals surface area contributed by atoms with Crippen LogP contribution < -0.4 is 5.32 Å². The third-order valence-corrected chi connectivity index (χ3v) is 3.20. The lowest BCUT2D eigenvalue weighted by Gasteiger charge is -2.23. The summed E-state index contributed by atoms with van der Waals surface area (Å²) in [6.07, 6.45) is 2.49. The number of rotatable bonds is 3. The molecule has 0 saturated carbocycles. The maximum absolute atomic E-state index is 11.5. The van der Waals surface area contributed by atoms with Crippen LogP contribution in [-0.4, -0.2) is 11.0 Å². The van der Waals surface area contributed by atoms with Crippen LogP contribution >= 0.6 is 0 Å². The van der Waals surface area contributed by atoms with Gasteiger partial charge in [-0.05, 0) is 25.3 Å². The summed E-state index contributed by atoms with van der Waals surface area (Å²) in [4.78, 5) is 11.5. The van der Waals surface area contributed by atoms with E-state index >= 15 is 0 Å². The molecule has 0 radical (unpaired) electrons. The van der Waals surface area contributed by atoms with Crippen LogP contribution in [0.2, 0.25) is 0 Å². The molecule has 1 aliphatic rings. The molecule has 1 unspecified atom stereocenters. The predicted molar refractivity (Wildman–Crippen MR) is 68.0 cm³/mol. The monoisotopic (exact) mass is 233 g/mol. The second kappa shape index (κ2) is 4.88. The first-order chi connectivity index (χ1) is 8.11. The van der Waals surface area contributed by atoms with E-state index in [0.29, 0.717) is 6.42 Å². The number of hydrogen-bond donors (Lipinski definition) is 2. The van der Waals surface area contributed by atoms with Gasteiger partial charge in [0.25, 0.3) is 0 Å². The van der Waals surface area contributed by atoms with Crippen molar-refractivity contribution in [3.05, 3.63) is 28.8 Å². The highest BCUT2D eigenvalue weighted by Crippen LogP contribution is 2.33. The number of anilines is 1. The zero-order valence-electron chi connectivity index (χ0n) is 10.4. The molecule has 0 bridgehead atoms. The van der Waals surface area contributed by atoms with E-state index in [1.807, 2.05) is 19.9 Å². The number of fused-ring (bicyclic) bond motifs is 1. The van der Waals surface area contributed by atoms with Gasteiger partial charge in [0.2, 0.25) is 5.91 Å². The number of amides is 1. The molecule has 0 saturated heterocycles. The van der Waals surface area contributed by atoms with Gasteiger partial charge >= 0.3 is 0 Å². The Balaban J connectivity index is 2.43. The highest BCUT2D eigenvalue weighted by molar-refractivity contribution is 5.95.